The van der Waals surface area contributed by atoms with Gasteiger partial charge >= 0.3 is 0 Å². The number of carbonyl (C=O) groups is 1. The van der Waals surface area contributed by atoms with Crippen molar-refractivity contribution in [1.82, 2.24) is 20.1 Å². The highest BCUT2D eigenvalue weighted by molar-refractivity contribution is 5.94. The van der Waals surface area contributed by atoms with Gasteiger partial charge in [-0.3, -0.25) is 9.59 Å². The highest BCUT2D eigenvalue weighted by Crippen LogP contribution is 2.38. The third-order valence-corrected chi connectivity index (χ3v) is 4.84. The highest BCUT2D eigenvalue weighted by Gasteiger charge is 2.28. The Balaban J connectivity index is 1.39. The molecule has 2 aromatic heterocycles. The Morgan fingerprint density at radius 2 is 2.00 bits per heavy atom. The predicted molar refractivity (Wildman–Crippen MR) is 93.6 cm³/mol. The first-order valence-electron chi connectivity index (χ1n) is 8.77. The molecule has 3 heterocycles. The lowest BCUT2D eigenvalue weighted by molar-refractivity contribution is 0.0718. The Labute approximate surface area is 145 Å². The molecule has 1 saturated carbocycles. The van der Waals surface area contributed by atoms with Crippen LogP contribution in [0.4, 0.5) is 5.82 Å². The summed E-state index contributed by atoms with van der Waals surface area (Å²) < 4.78 is 0. The van der Waals surface area contributed by atoms with E-state index >= 15 is 0 Å². The smallest absolute Gasteiger partial charge is 0.254 e. The maximum absolute atomic E-state index is 12.7. The molecule has 2 N–H and O–H groups in total. The second-order valence-electron chi connectivity index (χ2n) is 6.78. The number of amides is 1. The van der Waals surface area contributed by atoms with Gasteiger partial charge in [0.25, 0.3) is 5.91 Å². The van der Waals surface area contributed by atoms with E-state index in [1.165, 1.54) is 6.07 Å². The Morgan fingerprint density at radius 1 is 1.20 bits per heavy atom. The lowest BCUT2D eigenvalue weighted by atomic mass is 10.0. The maximum atomic E-state index is 12.7. The number of hydrogen-bond donors (Lipinski definition) is 2. The number of nitrogens with zero attached hydrogens (tertiary/aromatic N) is 3. The number of pyridine rings is 1. The first kappa shape index (κ1) is 15.8. The number of anilines is 1. The van der Waals surface area contributed by atoms with E-state index in [1.807, 2.05) is 23.1 Å². The lowest BCUT2D eigenvalue weighted by Gasteiger charge is -2.32. The zero-order chi connectivity index (χ0) is 17.2. The minimum atomic E-state index is -0.188. The molecule has 0 radical (unpaired) electrons. The molecule has 2 aromatic rings. The second-order valence-corrected chi connectivity index (χ2v) is 6.78. The summed E-state index contributed by atoms with van der Waals surface area (Å²) in [6.07, 6.45) is 5.52. The van der Waals surface area contributed by atoms with Gasteiger partial charge in [0.1, 0.15) is 5.82 Å². The number of nitrogens with one attached hydrogen (secondary N) is 2. The summed E-state index contributed by atoms with van der Waals surface area (Å²) in [7, 11) is 0. The predicted octanol–water partition coefficient (Wildman–Crippen LogP) is 1.76. The fourth-order valence-electron chi connectivity index (χ4n) is 3.30. The largest absolute Gasteiger partial charge is 0.366 e. The SMILES string of the molecule is O=C(c1cc(C2CC2)[nH]c(=O)c1)N1CCC(Nc2cccnn2)CC1. The van der Waals surface area contributed by atoms with Crippen molar-refractivity contribution in [1.29, 1.82) is 0 Å². The van der Waals surface area contributed by atoms with Crippen molar-refractivity contribution in [3.05, 3.63) is 52.1 Å². The van der Waals surface area contributed by atoms with Crippen molar-refractivity contribution in [3.63, 3.8) is 0 Å². The van der Waals surface area contributed by atoms with Crippen molar-refractivity contribution in [2.75, 3.05) is 18.4 Å². The molecule has 0 spiro atoms. The van der Waals surface area contributed by atoms with Gasteiger partial charge < -0.3 is 15.2 Å². The van der Waals surface area contributed by atoms with Crippen LogP contribution in [0.5, 0.6) is 0 Å². The lowest BCUT2D eigenvalue weighted by Crippen LogP contribution is -2.42. The molecule has 0 unspecified atom stereocenters. The zero-order valence-corrected chi connectivity index (χ0v) is 13.9. The summed E-state index contributed by atoms with van der Waals surface area (Å²) in [4.78, 5) is 29.3. The van der Waals surface area contributed by atoms with E-state index in [1.54, 1.807) is 6.20 Å². The van der Waals surface area contributed by atoms with Gasteiger partial charge in [-0.25, -0.2) is 0 Å². The first-order valence-corrected chi connectivity index (χ1v) is 8.77. The van der Waals surface area contributed by atoms with Crippen molar-refractivity contribution in [2.45, 2.75) is 37.6 Å². The number of hydrogen-bond acceptors (Lipinski definition) is 5. The van der Waals surface area contributed by atoms with Crippen LogP contribution in [0.1, 0.15) is 47.7 Å². The fourth-order valence-corrected chi connectivity index (χ4v) is 3.30. The molecule has 1 saturated heterocycles. The fraction of sp³-hybridized carbons (Fsp3) is 0.444. The Hall–Kier alpha value is -2.70. The molecule has 2 fully saturated rings. The average Bonchev–Trinajstić information content (AvgIpc) is 3.47. The standard InChI is InChI=1S/C18H21N5O2/c24-17-11-13(10-15(21-17)12-3-4-12)18(25)23-8-5-14(6-9-23)20-16-2-1-7-19-22-16/h1-2,7,10-12,14H,3-6,8-9H2,(H,20,22)(H,21,24). The molecule has 25 heavy (non-hydrogen) atoms. The van der Waals surface area contributed by atoms with Gasteiger partial charge in [0, 0.05) is 42.7 Å². The van der Waals surface area contributed by atoms with Crippen LogP contribution in [-0.4, -0.2) is 45.1 Å². The molecule has 1 amide bonds. The van der Waals surface area contributed by atoms with E-state index in [0.717, 1.165) is 37.2 Å². The summed E-state index contributed by atoms with van der Waals surface area (Å²) >= 11 is 0. The van der Waals surface area contributed by atoms with E-state index in [0.29, 0.717) is 24.6 Å². The van der Waals surface area contributed by atoms with Crippen LogP contribution in [0.15, 0.2) is 35.3 Å². The molecule has 2 aliphatic rings. The molecule has 4 rings (SSSR count). The summed E-state index contributed by atoms with van der Waals surface area (Å²) in [6.45, 7) is 1.34. The highest BCUT2D eigenvalue weighted by atomic mass is 16.2. The van der Waals surface area contributed by atoms with E-state index < -0.39 is 0 Å². The van der Waals surface area contributed by atoms with Crippen molar-refractivity contribution in [2.24, 2.45) is 0 Å². The quantitative estimate of drug-likeness (QED) is 0.886. The molecule has 0 aromatic carbocycles. The van der Waals surface area contributed by atoms with Gasteiger partial charge in [-0.1, -0.05) is 0 Å². The van der Waals surface area contributed by atoms with Gasteiger partial charge in [-0.15, -0.1) is 5.10 Å². The van der Waals surface area contributed by atoms with Crippen LogP contribution >= 0.6 is 0 Å². The number of carbonyl (C=O) groups excluding carboxylic acids is 1. The molecule has 1 aliphatic heterocycles. The molecular weight excluding hydrogens is 318 g/mol. The topological polar surface area (TPSA) is 91.0 Å². The van der Waals surface area contributed by atoms with Gasteiger partial charge in [-0.05, 0) is 49.8 Å². The first-order chi connectivity index (χ1) is 12.2. The van der Waals surface area contributed by atoms with E-state index in [9.17, 15) is 9.59 Å². The molecule has 0 atom stereocenters. The number of aromatic nitrogens is 3. The van der Waals surface area contributed by atoms with Crippen LogP contribution in [0.3, 0.4) is 0 Å². The third-order valence-electron chi connectivity index (χ3n) is 4.84. The van der Waals surface area contributed by atoms with E-state index in [-0.39, 0.29) is 17.5 Å². The average molecular weight is 339 g/mol. The van der Waals surface area contributed by atoms with Crippen molar-refractivity contribution < 1.29 is 4.79 Å². The number of aromatic amines is 1. The molecule has 7 nitrogen and oxygen atoms in total. The Morgan fingerprint density at radius 3 is 2.68 bits per heavy atom. The maximum Gasteiger partial charge on any atom is 0.254 e. The minimum Gasteiger partial charge on any atom is -0.366 e. The molecule has 1 aliphatic carbocycles. The van der Waals surface area contributed by atoms with Crippen LogP contribution in [0.25, 0.3) is 0 Å². The molecule has 130 valence electrons. The monoisotopic (exact) mass is 339 g/mol. The summed E-state index contributed by atoms with van der Waals surface area (Å²) in [5, 5.41) is 11.3. The number of H-pyrrole nitrogens is 1. The molecule has 7 heteroatoms. The number of rotatable bonds is 4. The Kier molecular flexibility index (Phi) is 4.21. The van der Waals surface area contributed by atoms with Crippen LogP contribution in [0.2, 0.25) is 0 Å². The number of likely N-dealkylation sites (tertiary alicyclic amines) is 1. The summed E-state index contributed by atoms with van der Waals surface area (Å²) in [5.74, 6) is 1.13. The minimum absolute atomic E-state index is 0.0500. The summed E-state index contributed by atoms with van der Waals surface area (Å²) in [5.41, 5.74) is 1.22. The second kappa shape index (κ2) is 6.66. The Bertz CT molecular complexity index is 808. The van der Waals surface area contributed by atoms with Gasteiger partial charge in [0.2, 0.25) is 5.56 Å². The zero-order valence-electron chi connectivity index (χ0n) is 13.9. The normalized spacial score (nSPS) is 18.2. The third kappa shape index (κ3) is 3.70. The van der Waals surface area contributed by atoms with Crippen LogP contribution < -0.4 is 10.9 Å². The summed E-state index contributed by atoms with van der Waals surface area (Å²) in [6, 6.07) is 7.28. The van der Waals surface area contributed by atoms with Crippen molar-refractivity contribution >= 4 is 11.7 Å². The molecular formula is C18H21N5O2. The van der Waals surface area contributed by atoms with Gasteiger partial charge in [0.05, 0.1) is 0 Å². The van der Waals surface area contributed by atoms with E-state index in [4.69, 9.17) is 0 Å². The van der Waals surface area contributed by atoms with Crippen LogP contribution in [0, 0.1) is 0 Å². The van der Waals surface area contributed by atoms with Gasteiger partial charge in [-0.2, -0.15) is 5.10 Å². The van der Waals surface area contributed by atoms with Crippen LogP contribution in [-0.2, 0) is 0 Å². The van der Waals surface area contributed by atoms with E-state index in [2.05, 4.69) is 20.5 Å². The van der Waals surface area contributed by atoms with Crippen molar-refractivity contribution in [3.8, 4) is 0 Å². The molecule has 0 bridgehead atoms. The number of piperidine rings is 1. The van der Waals surface area contributed by atoms with Gasteiger partial charge in [0.15, 0.2) is 0 Å².